The molecule has 9 heteroatoms. The van der Waals surface area contributed by atoms with Gasteiger partial charge in [-0.3, -0.25) is 0 Å². The summed E-state index contributed by atoms with van der Waals surface area (Å²) in [6.45, 7) is 4.72. The molecule has 0 aliphatic carbocycles. The highest BCUT2D eigenvalue weighted by Crippen LogP contribution is 2.24. The van der Waals surface area contributed by atoms with Crippen LogP contribution < -0.4 is 4.90 Å². The fourth-order valence-corrected chi connectivity index (χ4v) is 3.02. The Kier molecular flexibility index (Phi) is 6.91. The van der Waals surface area contributed by atoms with Crippen molar-refractivity contribution in [3.05, 3.63) is 28.1 Å². The molecule has 3 aliphatic rings. The van der Waals surface area contributed by atoms with Crippen LogP contribution in [0.4, 0.5) is 5.95 Å². The van der Waals surface area contributed by atoms with E-state index in [4.69, 9.17) is 10.2 Å². The number of aliphatic carboxylic acids is 2. The number of piperidine rings is 1. The Bertz CT molecular complexity index is 584. The molecule has 0 saturated carbocycles. The molecule has 1 aromatic rings. The van der Waals surface area contributed by atoms with Crippen LogP contribution in [0.5, 0.6) is 0 Å². The van der Waals surface area contributed by atoms with Crippen molar-refractivity contribution in [1.82, 2.24) is 14.9 Å². The van der Waals surface area contributed by atoms with Crippen molar-refractivity contribution in [3.8, 4) is 0 Å². The summed E-state index contributed by atoms with van der Waals surface area (Å²) in [5, 5.41) is 15.6. The molecular weight excluding hydrogens is 427 g/mol. The fraction of sp³-hybridized carbons (Fsp3) is 0.467. The zero-order valence-corrected chi connectivity index (χ0v) is 15.2. The third kappa shape index (κ3) is 5.71. The van der Waals surface area contributed by atoms with Crippen molar-refractivity contribution in [3.63, 3.8) is 0 Å². The molecule has 3 fully saturated rings. The lowest BCUT2D eigenvalue weighted by atomic mass is 10.1. The van der Waals surface area contributed by atoms with E-state index in [1.54, 1.807) is 0 Å². The summed E-state index contributed by atoms with van der Waals surface area (Å²) in [6.07, 6.45) is 7.44. The highest BCUT2D eigenvalue weighted by atomic mass is 127. The SMILES string of the molecule is Ic1cnc(N2CCN3CCC2CC3)nc1.O=C(O)/C=C/C(=O)O. The monoisotopic (exact) mass is 446 g/mol. The average molecular weight is 446 g/mol. The fourth-order valence-electron chi connectivity index (χ4n) is 2.75. The molecule has 4 rings (SSSR count). The van der Waals surface area contributed by atoms with Crippen LogP contribution in [-0.2, 0) is 9.59 Å². The molecule has 24 heavy (non-hydrogen) atoms. The lowest BCUT2D eigenvalue weighted by molar-refractivity contribution is -0.134. The van der Waals surface area contributed by atoms with Crippen LogP contribution in [0, 0.1) is 3.57 Å². The summed E-state index contributed by atoms with van der Waals surface area (Å²) in [6, 6.07) is 0.652. The van der Waals surface area contributed by atoms with Gasteiger partial charge in [-0.25, -0.2) is 19.6 Å². The van der Waals surface area contributed by atoms with Gasteiger partial charge in [0.2, 0.25) is 5.95 Å². The van der Waals surface area contributed by atoms with E-state index in [2.05, 4.69) is 42.4 Å². The Morgan fingerprint density at radius 2 is 1.58 bits per heavy atom. The molecule has 0 atom stereocenters. The first kappa shape index (κ1) is 18.6. The lowest BCUT2D eigenvalue weighted by Crippen LogP contribution is -2.38. The Morgan fingerprint density at radius 3 is 2.08 bits per heavy atom. The number of hydrogen-bond acceptors (Lipinski definition) is 6. The minimum atomic E-state index is -1.26. The topological polar surface area (TPSA) is 107 Å². The number of aromatic nitrogens is 2. The second-order valence-electron chi connectivity index (χ2n) is 5.48. The molecule has 0 spiro atoms. The van der Waals surface area contributed by atoms with Crippen LogP contribution >= 0.6 is 22.6 Å². The number of anilines is 1. The first-order valence-electron chi connectivity index (χ1n) is 7.56. The molecule has 8 nitrogen and oxygen atoms in total. The van der Waals surface area contributed by atoms with Gasteiger partial charge >= 0.3 is 11.9 Å². The van der Waals surface area contributed by atoms with Crippen molar-refractivity contribution in [1.29, 1.82) is 0 Å². The highest BCUT2D eigenvalue weighted by Gasteiger charge is 2.30. The van der Waals surface area contributed by atoms with E-state index < -0.39 is 11.9 Å². The standard InChI is InChI=1S/C11H15IN4.C4H4O4/c12-9-7-13-11(14-8-9)16-6-5-15-3-1-10(16)2-4-15;5-3(6)1-2-4(7)8/h7-8,10H,1-6H2;1-2H,(H,5,6)(H,7,8)/b;2-1+. The summed E-state index contributed by atoms with van der Waals surface area (Å²) < 4.78 is 1.10. The molecule has 2 bridgehead atoms. The van der Waals surface area contributed by atoms with Gasteiger partial charge in [0.05, 0.1) is 0 Å². The molecular formula is C15H19IN4O4. The van der Waals surface area contributed by atoms with E-state index in [1.165, 1.54) is 25.9 Å². The molecule has 4 heterocycles. The van der Waals surface area contributed by atoms with Gasteiger partial charge < -0.3 is 20.0 Å². The molecule has 3 aliphatic heterocycles. The van der Waals surface area contributed by atoms with E-state index in [0.717, 1.165) is 22.6 Å². The van der Waals surface area contributed by atoms with Crippen molar-refractivity contribution in [2.45, 2.75) is 18.9 Å². The maximum absolute atomic E-state index is 9.55. The van der Waals surface area contributed by atoms with Crippen molar-refractivity contribution < 1.29 is 19.8 Å². The predicted octanol–water partition coefficient (Wildman–Crippen LogP) is 1.08. The number of rotatable bonds is 3. The number of carboxylic acids is 2. The first-order chi connectivity index (χ1) is 11.5. The number of halogens is 1. The van der Waals surface area contributed by atoms with Crippen molar-refractivity contribution in [2.75, 3.05) is 31.1 Å². The van der Waals surface area contributed by atoms with Gasteiger partial charge in [-0.2, -0.15) is 0 Å². The highest BCUT2D eigenvalue weighted by molar-refractivity contribution is 14.1. The van der Waals surface area contributed by atoms with Crippen molar-refractivity contribution in [2.24, 2.45) is 0 Å². The summed E-state index contributed by atoms with van der Waals surface area (Å²) in [7, 11) is 0. The number of carbonyl (C=O) groups is 2. The van der Waals surface area contributed by atoms with E-state index in [-0.39, 0.29) is 0 Å². The van der Waals surface area contributed by atoms with Gasteiger partial charge in [0, 0.05) is 60.3 Å². The largest absolute Gasteiger partial charge is 0.478 e. The minimum absolute atomic E-state index is 0.558. The van der Waals surface area contributed by atoms with E-state index in [1.807, 2.05) is 12.4 Å². The van der Waals surface area contributed by atoms with Crippen molar-refractivity contribution >= 4 is 40.5 Å². The van der Waals surface area contributed by atoms with Crippen LogP contribution in [0.1, 0.15) is 12.8 Å². The maximum atomic E-state index is 9.55. The quantitative estimate of drug-likeness (QED) is 0.525. The van der Waals surface area contributed by atoms with Gasteiger partial charge in [0.25, 0.3) is 0 Å². The lowest BCUT2D eigenvalue weighted by Gasteiger charge is -2.31. The minimum Gasteiger partial charge on any atom is -0.478 e. The second kappa shape index (κ2) is 8.92. The summed E-state index contributed by atoms with van der Waals surface area (Å²) in [4.78, 5) is 32.9. The molecule has 0 amide bonds. The Hall–Kier alpha value is -1.75. The van der Waals surface area contributed by atoms with Gasteiger partial charge in [0.15, 0.2) is 0 Å². The summed E-state index contributed by atoms with van der Waals surface area (Å²) in [5.41, 5.74) is 0. The summed E-state index contributed by atoms with van der Waals surface area (Å²) >= 11 is 2.25. The molecule has 3 saturated heterocycles. The molecule has 2 N–H and O–H groups in total. The maximum Gasteiger partial charge on any atom is 0.328 e. The zero-order valence-electron chi connectivity index (χ0n) is 13.0. The normalized spacial score (nSPS) is 22.6. The smallest absolute Gasteiger partial charge is 0.328 e. The van der Waals surface area contributed by atoms with Gasteiger partial charge in [-0.05, 0) is 35.4 Å². The van der Waals surface area contributed by atoms with E-state index in [0.29, 0.717) is 18.2 Å². The Labute approximate surface area is 153 Å². The third-order valence-corrected chi connectivity index (χ3v) is 4.44. The van der Waals surface area contributed by atoms with Crippen LogP contribution in [0.25, 0.3) is 0 Å². The van der Waals surface area contributed by atoms with Crippen LogP contribution in [0.15, 0.2) is 24.5 Å². The van der Waals surface area contributed by atoms with E-state index in [9.17, 15) is 9.59 Å². The van der Waals surface area contributed by atoms with Crippen LogP contribution in [-0.4, -0.2) is 69.2 Å². The number of nitrogens with zero attached hydrogens (tertiary/aromatic N) is 4. The first-order valence-corrected chi connectivity index (χ1v) is 8.64. The number of carboxylic acid groups (broad SMARTS) is 2. The molecule has 0 aromatic carbocycles. The van der Waals surface area contributed by atoms with Gasteiger partial charge in [-0.1, -0.05) is 0 Å². The van der Waals surface area contributed by atoms with Gasteiger partial charge in [0.1, 0.15) is 0 Å². The molecule has 0 unspecified atom stereocenters. The van der Waals surface area contributed by atoms with Crippen LogP contribution in [0.2, 0.25) is 0 Å². The zero-order chi connectivity index (χ0) is 17.5. The number of fused-ring (bicyclic) bond motifs is 4. The molecule has 1 aromatic heterocycles. The molecule has 130 valence electrons. The Morgan fingerprint density at radius 1 is 1.04 bits per heavy atom. The second-order valence-corrected chi connectivity index (χ2v) is 6.72. The van der Waals surface area contributed by atoms with E-state index >= 15 is 0 Å². The summed E-state index contributed by atoms with van der Waals surface area (Å²) in [5.74, 6) is -1.60. The third-order valence-electron chi connectivity index (χ3n) is 3.89. The average Bonchev–Trinajstić information content (AvgIpc) is 2.88. The Balaban J connectivity index is 0.000000224. The molecule has 0 radical (unpaired) electrons. The predicted molar refractivity (Wildman–Crippen MR) is 96.0 cm³/mol. The number of hydrogen-bond donors (Lipinski definition) is 2. The van der Waals surface area contributed by atoms with Gasteiger partial charge in [-0.15, -0.1) is 0 Å². The van der Waals surface area contributed by atoms with Crippen LogP contribution in [0.3, 0.4) is 0 Å².